The van der Waals surface area contributed by atoms with Gasteiger partial charge in [-0.1, -0.05) is 0 Å². The molecule has 0 N–H and O–H groups in total. The lowest BCUT2D eigenvalue weighted by atomic mass is 10.1. The van der Waals surface area contributed by atoms with Crippen LogP contribution in [-0.4, -0.2) is 46.5 Å². The fourth-order valence-corrected chi connectivity index (χ4v) is 3.08. The Morgan fingerprint density at radius 1 is 1.32 bits per heavy atom. The molecule has 7 heteroatoms. The number of sulfone groups is 1. The second kappa shape index (κ2) is 7.02. The highest BCUT2D eigenvalue weighted by molar-refractivity contribution is 9.10. The molecule has 1 aromatic carbocycles. The topological polar surface area (TPSA) is 69.7 Å². The third kappa shape index (κ3) is 4.93. The Labute approximate surface area is 121 Å². The number of ketones is 1. The maximum absolute atomic E-state index is 11.9. The molecule has 0 radical (unpaired) electrons. The lowest BCUT2D eigenvalue weighted by Gasteiger charge is -2.06. The minimum absolute atomic E-state index is 0.0852. The third-order valence-corrected chi connectivity index (χ3v) is 4.53. The van der Waals surface area contributed by atoms with E-state index in [-0.39, 0.29) is 12.4 Å². The highest BCUT2D eigenvalue weighted by Crippen LogP contribution is 2.25. The SMILES string of the molecule is COCCS(=O)(=O)CC(=O)c1ccc(OC)c(Br)c1. The molecule has 0 bridgehead atoms. The van der Waals surface area contributed by atoms with Crippen molar-refractivity contribution in [3.63, 3.8) is 0 Å². The zero-order valence-corrected chi connectivity index (χ0v) is 13.1. The quantitative estimate of drug-likeness (QED) is 0.700. The van der Waals surface area contributed by atoms with E-state index in [0.717, 1.165) is 0 Å². The first-order chi connectivity index (χ1) is 8.89. The van der Waals surface area contributed by atoms with Gasteiger partial charge in [-0.25, -0.2) is 8.42 Å². The number of ether oxygens (including phenoxy) is 2. The van der Waals surface area contributed by atoms with Gasteiger partial charge in [-0.3, -0.25) is 4.79 Å². The molecule has 0 aliphatic heterocycles. The van der Waals surface area contributed by atoms with Crippen LogP contribution in [0.3, 0.4) is 0 Å². The third-order valence-electron chi connectivity index (χ3n) is 2.42. The summed E-state index contributed by atoms with van der Waals surface area (Å²) in [6, 6.07) is 4.70. The van der Waals surface area contributed by atoms with Crippen molar-refractivity contribution in [2.45, 2.75) is 0 Å². The summed E-state index contributed by atoms with van der Waals surface area (Å²) < 4.78 is 33.6. The van der Waals surface area contributed by atoms with Gasteiger partial charge in [0, 0.05) is 12.7 Å². The largest absolute Gasteiger partial charge is 0.496 e. The van der Waals surface area contributed by atoms with Crippen LogP contribution in [0.25, 0.3) is 0 Å². The van der Waals surface area contributed by atoms with E-state index in [9.17, 15) is 13.2 Å². The van der Waals surface area contributed by atoms with Gasteiger partial charge in [0.1, 0.15) is 11.5 Å². The van der Waals surface area contributed by atoms with E-state index in [1.165, 1.54) is 20.3 Å². The molecule has 0 amide bonds. The molecule has 0 unspecified atom stereocenters. The van der Waals surface area contributed by atoms with Crippen LogP contribution in [-0.2, 0) is 14.6 Å². The summed E-state index contributed by atoms with van der Waals surface area (Å²) in [6.07, 6.45) is 0. The number of benzene rings is 1. The fraction of sp³-hybridized carbons (Fsp3) is 0.417. The summed E-state index contributed by atoms with van der Waals surface area (Å²) in [4.78, 5) is 11.9. The molecule has 0 saturated heterocycles. The average Bonchev–Trinajstić information content (AvgIpc) is 2.35. The summed E-state index contributed by atoms with van der Waals surface area (Å²) in [7, 11) is -0.515. The summed E-state index contributed by atoms with van der Waals surface area (Å²) in [5, 5.41) is 0. The summed E-state index contributed by atoms with van der Waals surface area (Å²) in [5.74, 6) is -0.542. The number of hydrogen-bond acceptors (Lipinski definition) is 5. The maximum atomic E-state index is 11.9. The summed E-state index contributed by atoms with van der Waals surface area (Å²) in [5.41, 5.74) is 0.327. The van der Waals surface area contributed by atoms with Crippen LogP contribution < -0.4 is 4.74 Å². The molecule has 0 saturated carbocycles. The second-order valence-electron chi connectivity index (χ2n) is 3.86. The van der Waals surface area contributed by atoms with Crippen molar-refractivity contribution in [1.82, 2.24) is 0 Å². The highest BCUT2D eigenvalue weighted by Gasteiger charge is 2.18. The maximum Gasteiger partial charge on any atom is 0.177 e. The van der Waals surface area contributed by atoms with Gasteiger partial charge in [0.05, 0.1) is 23.9 Å². The number of carbonyl (C=O) groups excluding carboxylic acids is 1. The first-order valence-corrected chi connectivity index (χ1v) is 8.07. The Morgan fingerprint density at radius 3 is 2.53 bits per heavy atom. The van der Waals surface area contributed by atoms with E-state index < -0.39 is 21.4 Å². The van der Waals surface area contributed by atoms with Gasteiger partial charge in [-0.15, -0.1) is 0 Å². The zero-order valence-electron chi connectivity index (χ0n) is 10.7. The van der Waals surface area contributed by atoms with Crippen LogP contribution in [0.4, 0.5) is 0 Å². The summed E-state index contributed by atoms with van der Waals surface area (Å²) in [6.45, 7) is 0.0852. The van der Waals surface area contributed by atoms with Crippen molar-refractivity contribution >= 4 is 31.6 Å². The highest BCUT2D eigenvalue weighted by atomic mass is 79.9. The van der Waals surface area contributed by atoms with Crippen molar-refractivity contribution in [2.24, 2.45) is 0 Å². The lowest BCUT2D eigenvalue weighted by Crippen LogP contribution is -2.21. The van der Waals surface area contributed by atoms with Crippen molar-refractivity contribution in [1.29, 1.82) is 0 Å². The molecule has 0 heterocycles. The zero-order chi connectivity index (χ0) is 14.5. The van der Waals surface area contributed by atoms with E-state index in [2.05, 4.69) is 15.9 Å². The predicted octanol–water partition coefficient (Wildman–Crippen LogP) is 1.70. The first-order valence-electron chi connectivity index (χ1n) is 5.45. The van der Waals surface area contributed by atoms with E-state index in [0.29, 0.717) is 15.8 Å². The number of hydrogen-bond donors (Lipinski definition) is 0. The van der Waals surface area contributed by atoms with Gasteiger partial charge in [-0.2, -0.15) is 0 Å². The molecule has 1 aromatic rings. The molecule has 1 rings (SSSR count). The molecule has 0 spiro atoms. The molecule has 19 heavy (non-hydrogen) atoms. The lowest BCUT2D eigenvalue weighted by molar-refractivity contribution is 0.102. The number of Topliss-reactive ketones (excluding diaryl/α,β-unsaturated/α-hetero) is 1. The van der Waals surface area contributed by atoms with Crippen LogP contribution in [0.5, 0.6) is 5.75 Å². The van der Waals surface area contributed by atoms with Gasteiger partial charge in [0.2, 0.25) is 0 Å². The van der Waals surface area contributed by atoms with Gasteiger partial charge >= 0.3 is 0 Å². The van der Waals surface area contributed by atoms with Crippen LogP contribution in [0.15, 0.2) is 22.7 Å². The van der Waals surface area contributed by atoms with Gasteiger partial charge < -0.3 is 9.47 Å². The predicted molar refractivity (Wildman–Crippen MR) is 75.6 cm³/mol. The minimum Gasteiger partial charge on any atom is -0.496 e. The van der Waals surface area contributed by atoms with Crippen molar-refractivity contribution in [2.75, 3.05) is 32.3 Å². The Bertz CT molecular complexity index is 553. The molecule has 0 aromatic heterocycles. The molecule has 0 aliphatic rings. The van der Waals surface area contributed by atoms with E-state index in [4.69, 9.17) is 9.47 Å². The number of rotatable bonds is 7. The van der Waals surface area contributed by atoms with Crippen LogP contribution in [0.1, 0.15) is 10.4 Å². The van der Waals surface area contributed by atoms with E-state index in [1.54, 1.807) is 12.1 Å². The second-order valence-corrected chi connectivity index (χ2v) is 6.90. The van der Waals surface area contributed by atoms with E-state index in [1.807, 2.05) is 0 Å². The minimum atomic E-state index is -3.44. The molecular weight excluding hydrogens is 336 g/mol. The summed E-state index contributed by atoms with van der Waals surface area (Å²) >= 11 is 3.25. The van der Waals surface area contributed by atoms with Crippen molar-refractivity contribution in [3.8, 4) is 5.75 Å². The molecular formula is C12H15BrO5S. The smallest absolute Gasteiger partial charge is 0.177 e. The monoisotopic (exact) mass is 350 g/mol. The molecule has 0 aliphatic carbocycles. The van der Waals surface area contributed by atoms with Crippen LogP contribution in [0, 0.1) is 0 Å². The molecule has 0 fully saturated rings. The van der Waals surface area contributed by atoms with Crippen LogP contribution in [0.2, 0.25) is 0 Å². The number of methoxy groups -OCH3 is 2. The Kier molecular flexibility index (Phi) is 5.96. The van der Waals surface area contributed by atoms with E-state index >= 15 is 0 Å². The Balaban J connectivity index is 2.81. The van der Waals surface area contributed by atoms with Crippen LogP contribution >= 0.6 is 15.9 Å². The van der Waals surface area contributed by atoms with Gasteiger partial charge in [0.15, 0.2) is 15.6 Å². The van der Waals surface area contributed by atoms with Crippen molar-refractivity contribution in [3.05, 3.63) is 28.2 Å². The Morgan fingerprint density at radius 2 is 2.00 bits per heavy atom. The standard InChI is InChI=1S/C12H15BrO5S/c1-17-5-6-19(15,16)8-11(14)9-3-4-12(18-2)10(13)7-9/h3-4,7H,5-6,8H2,1-2H3. The Hall–Kier alpha value is -0.920. The molecule has 0 atom stereocenters. The average molecular weight is 351 g/mol. The number of carbonyl (C=O) groups is 1. The molecule has 5 nitrogen and oxygen atoms in total. The number of halogens is 1. The molecule has 106 valence electrons. The van der Waals surface area contributed by atoms with Gasteiger partial charge in [0.25, 0.3) is 0 Å². The van der Waals surface area contributed by atoms with Gasteiger partial charge in [-0.05, 0) is 34.1 Å². The van der Waals surface area contributed by atoms with Crippen molar-refractivity contribution < 1.29 is 22.7 Å². The fourth-order valence-electron chi connectivity index (χ4n) is 1.41. The first kappa shape index (κ1) is 16.1. The normalized spacial score (nSPS) is 11.3.